The molecule has 0 saturated heterocycles. The van der Waals surface area contributed by atoms with Gasteiger partial charge >= 0.3 is 12.3 Å². The molecule has 0 spiro atoms. The molecule has 0 N–H and O–H groups in total. The quantitative estimate of drug-likeness (QED) is 0.627. The molecule has 0 fully saturated rings. The third-order valence-electron chi connectivity index (χ3n) is 1.87. The zero-order chi connectivity index (χ0) is 14.3. The van der Waals surface area contributed by atoms with Crippen LogP contribution in [-0.2, 0) is 9.53 Å². The number of benzene rings is 1. The van der Waals surface area contributed by atoms with Crippen molar-refractivity contribution in [2.24, 2.45) is 0 Å². The summed E-state index contributed by atoms with van der Waals surface area (Å²) >= 11 is 0. The van der Waals surface area contributed by atoms with E-state index in [2.05, 4.69) is 21.3 Å². The normalized spacial score (nSPS) is 10.3. The summed E-state index contributed by atoms with van der Waals surface area (Å²) in [5.74, 6) is 3.97. The Labute approximate surface area is 108 Å². The molecule has 0 aromatic heterocycles. The number of esters is 1. The number of carbonyl (C=O) groups is 1. The van der Waals surface area contributed by atoms with Crippen LogP contribution >= 0.6 is 0 Å². The molecule has 1 rings (SSSR count). The molecular formula is C13H11F3O3. The molecule has 0 aliphatic heterocycles. The van der Waals surface area contributed by atoms with Gasteiger partial charge in [-0.1, -0.05) is 24.0 Å². The smallest absolute Gasteiger partial charge is 0.465 e. The third-order valence-corrected chi connectivity index (χ3v) is 1.87. The van der Waals surface area contributed by atoms with E-state index in [0.717, 1.165) is 6.07 Å². The minimum atomic E-state index is -4.78. The zero-order valence-electron chi connectivity index (χ0n) is 10.1. The Morgan fingerprint density at radius 2 is 2.00 bits per heavy atom. The molecule has 1 aromatic carbocycles. The van der Waals surface area contributed by atoms with Crippen molar-refractivity contribution in [1.82, 2.24) is 0 Å². The van der Waals surface area contributed by atoms with E-state index >= 15 is 0 Å². The van der Waals surface area contributed by atoms with E-state index in [1.807, 2.05) is 0 Å². The van der Waals surface area contributed by atoms with E-state index in [4.69, 9.17) is 0 Å². The lowest BCUT2D eigenvalue weighted by Gasteiger charge is -2.09. The molecular weight excluding hydrogens is 261 g/mol. The molecule has 19 heavy (non-hydrogen) atoms. The highest BCUT2D eigenvalue weighted by molar-refractivity contribution is 5.72. The molecule has 0 saturated carbocycles. The maximum Gasteiger partial charge on any atom is 0.573 e. The van der Waals surface area contributed by atoms with Crippen molar-refractivity contribution in [3.05, 3.63) is 29.8 Å². The van der Waals surface area contributed by atoms with Gasteiger partial charge < -0.3 is 9.47 Å². The Morgan fingerprint density at radius 1 is 1.32 bits per heavy atom. The van der Waals surface area contributed by atoms with Crippen LogP contribution in [0.3, 0.4) is 0 Å². The Balaban J connectivity index is 2.78. The number of rotatable bonds is 3. The third kappa shape index (κ3) is 5.82. The Kier molecular flexibility index (Phi) is 5.24. The largest absolute Gasteiger partial charge is 0.573 e. The van der Waals surface area contributed by atoms with Gasteiger partial charge in [-0.25, -0.2) is 0 Å². The molecule has 0 unspecified atom stereocenters. The molecule has 3 nitrogen and oxygen atoms in total. The van der Waals surface area contributed by atoms with E-state index in [-0.39, 0.29) is 18.6 Å². The van der Waals surface area contributed by atoms with E-state index in [0.29, 0.717) is 0 Å². The monoisotopic (exact) mass is 272 g/mol. The lowest BCUT2D eigenvalue weighted by atomic mass is 10.2. The van der Waals surface area contributed by atoms with Crippen LogP contribution in [0.1, 0.15) is 18.9 Å². The molecule has 0 atom stereocenters. The zero-order valence-corrected chi connectivity index (χ0v) is 10.1. The van der Waals surface area contributed by atoms with Crippen molar-refractivity contribution < 1.29 is 27.4 Å². The highest BCUT2D eigenvalue weighted by Crippen LogP contribution is 2.25. The molecule has 0 radical (unpaired) electrons. The van der Waals surface area contributed by atoms with Gasteiger partial charge in [-0.2, -0.15) is 0 Å². The van der Waals surface area contributed by atoms with Gasteiger partial charge in [-0.05, 0) is 19.1 Å². The Bertz CT molecular complexity index is 498. The van der Waals surface area contributed by atoms with Crippen LogP contribution in [0.4, 0.5) is 13.2 Å². The summed E-state index contributed by atoms with van der Waals surface area (Å²) in [6, 6.07) is 5.45. The molecule has 0 amide bonds. The topological polar surface area (TPSA) is 35.5 Å². The maximum absolute atomic E-state index is 12.1. The lowest BCUT2D eigenvalue weighted by Crippen LogP contribution is -2.17. The number of ether oxygens (including phenoxy) is 2. The Morgan fingerprint density at radius 3 is 2.63 bits per heavy atom. The van der Waals surface area contributed by atoms with Crippen LogP contribution in [0.25, 0.3) is 0 Å². The number of hydrogen-bond acceptors (Lipinski definition) is 3. The first kappa shape index (κ1) is 14.9. The first-order valence-corrected chi connectivity index (χ1v) is 5.41. The number of halogens is 3. The van der Waals surface area contributed by atoms with Gasteiger partial charge in [0.05, 0.1) is 12.2 Å². The van der Waals surface area contributed by atoms with Gasteiger partial charge in [0.15, 0.2) is 0 Å². The average Bonchev–Trinajstić information content (AvgIpc) is 2.30. The van der Waals surface area contributed by atoms with Crippen molar-refractivity contribution >= 4 is 5.97 Å². The standard InChI is InChI=1S/C13H11F3O3/c1-2-18-12(17)9-5-7-10-6-3-4-8-11(10)19-13(14,15)16/h3-4,6,8H,2,9H2,1H3. The number of para-hydroxylation sites is 1. The molecule has 0 aliphatic carbocycles. The molecule has 0 heterocycles. The fourth-order valence-electron chi connectivity index (χ4n) is 1.21. The predicted molar refractivity (Wildman–Crippen MR) is 61.3 cm³/mol. The van der Waals surface area contributed by atoms with Crippen molar-refractivity contribution in [3.63, 3.8) is 0 Å². The van der Waals surface area contributed by atoms with Gasteiger partial charge in [0.25, 0.3) is 0 Å². The van der Waals surface area contributed by atoms with E-state index in [9.17, 15) is 18.0 Å². The minimum Gasteiger partial charge on any atom is -0.465 e. The number of carbonyl (C=O) groups excluding carboxylic acids is 1. The highest BCUT2D eigenvalue weighted by atomic mass is 19.4. The summed E-state index contributed by atoms with van der Waals surface area (Å²) in [5.41, 5.74) is 0.0594. The lowest BCUT2D eigenvalue weighted by molar-refractivity contribution is -0.274. The van der Waals surface area contributed by atoms with Crippen molar-refractivity contribution in [1.29, 1.82) is 0 Å². The molecule has 0 bridgehead atoms. The number of alkyl halides is 3. The van der Waals surface area contributed by atoms with E-state index in [1.54, 1.807) is 6.92 Å². The minimum absolute atomic E-state index is 0.0594. The first-order chi connectivity index (χ1) is 8.92. The highest BCUT2D eigenvalue weighted by Gasteiger charge is 2.31. The molecule has 6 heteroatoms. The van der Waals surface area contributed by atoms with Gasteiger partial charge in [0.2, 0.25) is 0 Å². The first-order valence-electron chi connectivity index (χ1n) is 5.41. The summed E-state index contributed by atoms with van der Waals surface area (Å²) < 4.78 is 44.8. The molecule has 102 valence electrons. The van der Waals surface area contributed by atoms with Crippen LogP contribution in [0.2, 0.25) is 0 Å². The van der Waals surface area contributed by atoms with Crippen LogP contribution in [-0.4, -0.2) is 18.9 Å². The summed E-state index contributed by atoms with van der Waals surface area (Å²) in [4.78, 5) is 11.0. The van der Waals surface area contributed by atoms with Gasteiger partial charge in [-0.3, -0.25) is 4.79 Å². The second kappa shape index (κ2) is 6.69. The van der Waals surface area contributed by atoms with Gasteiger partial charge in [0.1, 0.15) is 12.2 Å². The maximum atomic E-state index is 12.1. The van der Waals surface area contributed by atoms with E-state index < -0.39 is 18.1 Å². The molecule has 1 aromatic rings. The van der Waals surface area contributed by atoms with Crippen molar-refractivity contribution in [2.75, 3.05) is 6.61 Å². The van der Waals surface area contributed by atoms with Gasteiger partial charge in [0, 0.05) is 0 Å². The molecule has 0 aliphatic rings. The summed E-state index contributed by atoms with van der Waals surface area (Å²) in [6.45, 7) is 1.88. The van der Waals surface area contributed by atoms with Crippen LogP contribution in [0.15, 0.2) is 24.3 Å². The predicted octanol–water partition coefficient (Wildman–Crippen LogP) is 2.89. The number of hydrogen-bond donors (Lipinski definition) is 0. The fraction of sp³-hybridized carbons (Fsp3) is 0.308. The fourth-order valence-corrected chi connectivity index (χ4v) is 1.21. The van der Waals surface area contributed by atoms with E-state index in [1.165, 1.54) is 18.2 Å². The average molecular weight is 272 g/mol. The van der Waals surface area contributed by atoms with Gasteiger partial charge in [-0.15, -0.1) is 13.2 Å². The summed E-state index contributed by atoms with van der Waals surface area (Å²) in [6.07, 6.45) is -4.97. The van der Waals surface area contributed by atoms with Crippen molar-refractivity contribution in [2.45, 2.75) is 19.7 Å². The summed E-state index contributed by atoms with van der Waals surface area (Å²) in [7, 11) is 0. The van der Waals surface area contributed by atoms with Crippen LogP contribution < -0.4 is 4.74 Å². The van der Waals surface area contributed by atoms with Crippen LogP contribution in [0.5, 0.6) is 5.75 Å². The van der Waals surface area contributed by atoms with Crippen molar-refractivity contribution in [3.8, 4) is 17.6 Å². The summed E-state index contributed by atoms with van der Waals surface area (Å²) in [5, 5.41) is 0. The second-order valence-corrected chi connectivity index (χ2v) is 3.33. The SMILES string of the molecule is CCOC(=O)CC#Cc1ccccc1OC(F)(F)F. The Hall–Kier alpha value is -2.16. The van der Waals surface area contributed by atoms with Crippen LogP contribution in [0, 0.1) is 11.8 Å². The second-order valence-electron chi connectivity index (χ2n) is 3.33.